The summed E-state index contributed by atoms with van der Waals surface area (Å²) in [5.74, 6) is -0.231. The largest absolute Gasteiger partial charge is 0.465 e. The summed E-state index contributed by atoms with van der Waals surface area (Å²) in [7, 11) is 0. The van der Waals surface area contributed by atoms with Crippen LogP contribution in [0.3, 0.4) is 0 Å². The van der Waals surface area contributed by atoms with Crippen molar-refractivity contribution in [1.82, 2.24) is 0 Å². The minimum absolute atomic E-state index is 0.267. The van der Waals surface area contributed by atoms with Crippen LogP contribution in [0.2, 0.25) is 0 Å². The maximum absolute atomic E-state index is 12.5. The molecule has 21 heavy (non-hydrogen) atoms. The lowest BCUT2D eigenvalue weighted by atomic mass is 9.80. The highest BCUT2D eigenvalue weighted by molar-refractivity contribution is 6.00. The van der Waals surface area contributed by atoms with Crippen LogP contribution in [0.4, 0.5) is 0 Å². The molecule has 0 aromatic carbocycles. The minimum atomic E-state index is -1.07. The monoisotopic (exact) mass is 298 g/mol. The summed E-state index contributed by atoms with van der Waals surface area (Å²) in [4.78, 5) is 25.1. The molecule has 4 nitrogen and oxygen atoms in total. The standard InChI is InChI=1S/C17H30O4/c1-13(2)11-20-15(18)17(9-7-5-6-8-10-17)16(19)21-12-14(3)4/h13-14H,5-12H2,1-4H3. The Bertz CT molecular complexity index is 313. The number of carbonyl (C=O) groups is 2. The first-order chi connectivity index (χ1) is 9.88. The van der Waals surface area contributed by atoms with E-state index in [-0.39, 0.29) is 23.8 Å². The van der Waals surface area contributed by atoms with Gasteiger partial charge in [-0.25, -0.2) is 0 Å². The summed E-state index contributed by atoms with van der Waals surface area (Å²) in [5.41, 5.74) is -1.07. The number of hydrogen-bond donors (Lipinski definition) is 0. The molecule has 1 aliphatic rings. The average Bonchev–Trinajstić information content (AvgIpc) is 2.68. The first kappa shape index (κ1) is 18.0. The summed E-state index contributed by atoms with van der Waals surface area (Å²) in [6.45, 7) is 8.68. The van der Waals surface area contributed by atoms with Crippen molar-refractivity contribution >= 4 is 11.9 Å². The Morgan fingerprint density at radius 1 is 0.810 bits per heavy atom. The quantitative estimate of drug-likeness (QED) is 0.426. The zero-order chi connectivity index (χ0) is 15.9. The van der Waals surface area contributed by atoms with E-state index < -0.39 is 5.41 Å². The fourth-order valence-corrected chi connectivity index (χ4v) is 2.58. The van der Waals surface area contributed by atoms with Crippen molar-refractivity contribution in [2.75, 3.05) is 13.2 Å². The van der Waals surface area contributed by atoms with E-state index in [1.807, 2.05) is 27.7 Å². The van der Waals surface area contributed by atoms with Crippen molar-refractivity contribution < 1.29 is 19.1 Å². The lowest BCUT2D eigenvalue weighted by molar-refractivity contribution is -0.175. The zero-order valence-electron chi connectivity index (χ0n) is 13.9. The van der Waals surface area contributed by atoms with E-state index in [9.17, 15) is 9.59 Å². The fourth-order valence-electron chi connectivity index (χ4n) is 2.58. The maximum Gasteiger partial charge on any atom is 0.323 e. The van der Waals surface area contributed by atoms with Crippen LogP contribution in [0.25, 0.3) is 0 Å². The van der Waals surface area contributed by atoms with E-state index >= 15 is 0 Å². The molecule has 0 saturated heterocycles. The van der Waals surface area contributed by atoms with Gasteiger partial charge in [-0.15, -0.1) is 0 Å². The van der Waals surface area contributed by atoms with Gasteiger partial charge in [0.15, 0.2) is 5.41 Å². The van der Waals surface area contributed by atoms with Crippen molar-refractivity contribution in [3.8, 4) is 0 Å². The van der Waals surface area contributed by atoms with Crippen molar-refractivity contribution in [3.63, 3.8) is 0 Å². The second kappa shape index (κ2) is 8.40. The van der Waals surface area contributed by atoms with E-state index in [0.717, 1.165) is 25.7 Å². The number of hydrogen-bond acceptors (Lipinski definition) is 4. The summed E-state index contributed by atoms with van der Waals surface area (Å²) in [6.07, 6.45) is 5.01. The molecule has 0 aliphatic heterocycles. The summed E-state index contributed by atoms with van der Waals surface area (Å²) in [6, 6.07) is 0. The highest BCUT2D eigenvalue weighted by Gasteiger charge is 2.48. The third-order valence-electron chi connectivity index (χ3n) is 3.83. The van der Waals surface area contributed by atoms with Gasteiger partial charge in [0.25, 0.3) is 0 Å². The Morgan fingerprint density at radius 2 is 1.19 bits per heavy atom. The molecular weight excluding hydrogens is 268 g/mol. The van der Waals surface area contributed by atoms with Crippen LogP contribution >= 0.6 is 0 Å². The van der Waals surface area contributed by atoms with Crippen molar-refractivity contribution in [3.05, 3.63) is 0 Å². The molecule has 0 bridgehead atoms. The first-order valence-corrected chi connectivity index (χ1v) is 8.23. The van der Waals surface area contributed by atoms with Crippen LogP contribution in [0.15, 0.2) is 0 Å². The molecule has 0 unspecified atom stereocenters. The Kier molecular flexibility index (Phi) is 7.20. The Labute approximate surface area is 128 Å². The van der Waals surface area contributed by atoms with Crippen LogP contribution in [0, 0.1) is 17.3 Å². The molecule has 1 aliphatic carbocycles. The second-order valence-electron chi connectivity index (χ2n) is 6.98. The molecule has 0 spiro atoms. The molecular formula is C17H30O4. The zero-order valence-corrected chi connectivity index (χ0v) is 13.9. The van der Waals surface area contributed by atoms with Crippen molar-refractivity contribution in [2.45, 2.75) is 66.2 Å². The lowest BCUT2D eigenvalue weighted by Gasteiger charge is -2.28. The SMILES string of the molecule is CC(C)COC(=O)C1(C(=O)OCC(C)C)CCCCCC1. The normalized spacial score (nSPS) is 18.4. The molecule has 0 aromatic heterocycles. The second-order valence-corrected chi connectivity index (χ2v) is 6.98. The van der Waals surface area contributed by atoms with Gasteiger partial charge in [0.05, 0.1) is 13.2 Å². The Morgan fingerprint density at radius 3 is 1.52 bits per heavy atom. The number of rotatable bonds is 6. The highest BCUT2D eigenvalue weighted by atomic mass is 16.6. The van der Waals surface area contributed by atoms with Crippen LogP contribution in [-0.4, -0.2) is 25.2 Å². The van der Waals surface area contributed by atoms with E-state index in [1.54, 1.807) is 0 Å². The van der Waals surface area contributed by atoms with Gasteiger partial charge >= 0.3 is 11.9 Å². The summed E-state index contributed by atoms with van der Waals surface area (Å²) >= 11 is 0. The highest BCUT2D eigenvalue weighted by Crippen LogP contribution is 2.38. The molecule has 4 heteroatoms. The van der Waals surface area contributed by atoms with Crippen LogP contribution in [-0.2, 0) is 19.1 Å². The number of esters is 2. The third-order valence-corrected chi connectivity index (χ3v) is 3.83. The Balaban J connectivity index is 2.82. The molecule has 0 heterocycles. The van der Waals surface area contributed by atoms with E-state index in [1.165, 1.54) is 0 Å². The van der Waals surface area contributed by atoms with E-state index in [0.29, 0.717) is 26.1 Å². The fraction of sp³-hybridized carbons (Fsp3) is 0.882. The smallest absolute Gasteiger partial charge is 0.323 e. The Hall–Kier alpha value is -1.06. The summed E-state index contributed by atoms with van der Waals surface area (Å²) in [5, 5.41) is 0. The molecule has 0 amide bonds. The van der Waals surface area contributed by atoms with Crippen molar-refractivity contribution in [2.24, 2.45) is 17.3 Å². The van der Waals surface area contributed by atoms with E-state index in [2.05, 4.69) is 0 Å². The molecule has 1 saturated carbocycles. The third kappa shape index (κ3) is 5.33. The van der Waals surface area contributed by atoms with Gasteiger partial charge in [0.2, 0.25) is 0 Å². The van der Waals surface area contributed by atoms with E-state index in [4.69, 9.17) is 9.47 Å². The first-order valence-electron chi connectivity index (χ1n) is 8.23. The van der Waals surface area contributed by atoms with Crippen molar-refractivity contribution in [1.29, 1.82) is 0 Å². The van der Waals surface area contributed by atoms with Gasteiger partial charge in [0.1, 0.15) is 0 Å². The van der Waals surface area contributed by atoms with Gasteiger partial charge in [0, 0.05) is 0 Å². The molecule has 0 radical (unpaired) electrons. The van der Waals surface area contributed by atoms with Gasteiger partial charge < -0.3 is 9.47 Å². The maximum atomic E-state index is 12.5. The predicted octanol–water partition coefficient (Wildman–Crippen LogP) is 3.73. The topological polar surface area (TPSA) is 52.6 Å². The molecule has 0 aromatic rings. The molecule has 0 N–H and O–H groups in total. The van der Waals surface area contributed by atoms with Gasteiger partial charge in [-0.3, -0.25) is 9.59 Å². The molecule has 122 valence electrons. The van der Waals surface area contributed by atoms with Gasteiger partial charge in [-0.2, -0.15) is 0 Å². The van der Waals surface area contributed by atoms with Gasteiger partial charge in [-0.05, 0) is 24.7 Å². The van der Waals surface area contributed by atoms with Crippen LogP contribution in [0.1, 0.15) is 66.2 Å². The predicted molar refractivity (Wildman–Crippen MR) is 81.7 cm³/mol. The number of carbonyl (C=O) groups excluding carboxylic acids is 2. The molecule has 0 atom stereocenters. The minimum Gasteiger partial charge on any atom is -0.465 e. The lowest BCUT2D eigenvalue weighted by Crippen LogP contribution is -2.42. The van der Waals surface area contributed by atoms with Crippen LogP contribution < -0.4 is 0 Å². The molecule has 1 rings (SSSR count). The van der Waals surface area contributed by atoms with Crippen LogP contribution in [0.5, 0.6) is 0 Å². The average molecular weight is 298 g/mol. The molecule has 1 fully saturated rings. The van der Waals surface area contributed by atoms with Gasteiger partial charge in [-0.1, -0.05) is 53.4 Å². The summed E-state index contributed by atoms with van der Waals surface area (Å²) < 4.78 is 10.8. The number of ether oxygens (including phenoxy) is 2.